The first-order chi connectivity index (χ1) is 12.3. The molecule has 0 unspecified atom stereocenters. The largest absolute Gasteiger partial charge is 0.456 e. The van der Waals surface area contributed by atoms with Crippen LogP contribution in [-0.4, -0.2) is 50.9 Å². The topological polar surface area (TPSA) is 119 Å². The summed E-state index contributed by atoms with van der Waals surface area (Å²) in [7, 11) is -3.05. The zero-order chi connectivity index (χ0) is 19.2. The van der Waals surface area contributed by atoms with Crippen molar-refractivity contribution in [3.8, 4) is 0 Å². The number of carbonyl (C=O) groups is 3. The lowest BCUT2D eigenvalue weighted by atomic mass is 10.1. The minimum atomic E-state index is -3.05. The molecule has 1 aliphatic rings. The molecule has 1 atom stereocenters. The van der Waals surface area contributed by atoms with Gasteiger partial charge < -0.3 is 15.4 Å². The Labute approximate surface area is 152 Å². The quantitative estimate of drug-likeness (QED) is 0.672. The van der Waals surface area contributed by atoms with Crippen LogP contribution in [0, 0.1) is 5.92 Å². The van der Waals surface area contributed by atoms with E-state index < -0.39 is 28.3 Å². The van der Waals surface area contributed by atoms with E-state index in [2.05, 4.69) is 10.6 Å². The van der Waals surface area contributed by atoms with E-state index in [4.69, 9.17) is 4.74 Å². The Morgan fingerprint density at radius 1 is 1.27 bits per heavy atom. The number of hydrogen-bond donors (Lipinski definition) is 2. The van der Waals surface area contributed by atoms with Gasteiger partial charge in [0.25, 0.3) is 11.8 Å². The monoisotopic (exact) mass is 382 g/mol. The second-order valence-electron chi connectivity index (χ2n) is 6.12. The Kier molecular flexibility index (Phi) is 6.73. The number of amides is 2. The Bertz CT molecular complexity index is 790. The van der Waals surface area contributed by atoms with Crippen LogP contribution in [0.2, 0.25) is 0 Å². The summed E-state index contributed by atoms with van der Waals surface area (Å²) >= 11 is 0. The van der Waals surface area contributed by atoms with Gasteiger partial charge in [-0.05, 0) is 37.5 Å². The van der Waals surface area contributed by atoms with Gasteiger partial charge >= 0.3 is 5.97 Å². The Morgan fingerprint density at radius 3 is 2.69 bits per heavy atom. The predicted molar refractivity (Wildman–Crippen MR) is 95.4 cm³/mol. The molecule has 8 nitrogen and oxygen atoms in total. The number of esters is 1. The van der Waals surface area contributed by atoms with Crippen LogP contribution in [0.15, 0.2) is 24.3 Å². The molecule has 142 valence electrons. The number of nitrogens with one attached hydrogen (secondary N) is 2. The van der Waals surface area contributed by atoms with Crippen LogP contribution in [0.1, 0.15) is 30.1 Å². The van der Waals surface area contributed by atoms with Gasteiger partial charge in [0.2, 0.25) is 0 Å². The summed E-state index contributed by atoms with van der Waals surface area (Å²) in [6.45, 7) is 1.83. The van der Waals surface area contributed by atoms with E-state index in [0.717, 1.165) is 0 Å². The molecule has 0 saturated carbocycles. The molecule has 0 aromatic heterocycles. The first kappa shape index (κ1) is 19.9. The zero-order valence-corrected chi connectivity index (χ0v) is 15.3. The maximum absolute atomic E-state index is 11.9. The maximum Gasteiger partial charge on any atom is 0.306 e. The number of benzene rings is 1. The van der Waals surface area contributed by atoms with E-state index in [1.165, 1.54) is 6.07 Å². The Hall–Kier alpha value is -2.42. The van der Waals surface area contributed by atoms with Gasteiger partial charge in [-0.15, -0.1) is 0 Å². The number of sulfone groups is 1. The third-order valence-corrected chi connectivity index (χ3v) is 5.73. The van der Waals surface area contributed by atoms with E-state index in [-0.39, 0.29) is 29.8 Å². The molecule has 1 saturated heterocycles. The number of hydrogen-bond acceptors (Lipinski definition) is 6. The van der Waals surface area contributed by atoms with E-state index in [0.29, 0.717) is 24.2 Å². The van der Waals surface area contributed by atoms with Gasteiger partial charge in [-0.3, -0.25) is 14.4 Å². The summed E-state index contributed by atoms with van der Waals surface area (Å²) in [5.41, 5.74) is 0.820. The van der Waals surface area contributed by atoms with E-state index in [1.54, 1.807) is 25.1 Å². The fourth-order valence-electron chi connectivity index (χ4n) is 2.67. The van der Waals surface area contributed by atoms with Gasteiger partial charge in [-0.1, -0.05) is 6.07 Å². The van der Waals surface area contributed by atoms with Crippen LogP contribution in [0.25, 0.3) is 0 Å². The second-order valence-corrected chi connectivity index (χ2v) is 8.35. The molecule has 1 fully saturated rings. The molecular weight excluding hydrogens is 360 g/mol. The summed E-state index contributed by atoms with van der Waals surface area (Å²) in [5, 5.41) is 5.21. The lowest BCUT2D eigenvalue weighted by Gasteiger charge is -2.09. The third kappa shape index (κ3) is 6.14. The van der Waals surface area contributed by atoms with Crippen LogP contribution < -0.4 is 10.6 Å². The van der Waals surface area contributed by atoms with Gasteiger partial charge in [-0.25, -0.2) is 8.42 Å². The first-order valence-electron chi connectivity index (χ1n) is 8.33. The van der Waals surface area contributed by atoms with E-state index >= 15 is 0 Å². The highest BCUT2D eigenvalue weighted by Gasteiger charge is 2.30. The number of carbonyl (C=O) groups excluding carboxylic acids is 3. The average Bonchev–Trinajstić information content (AvgIpc) is 2.92. The summed E-state index contributed by atoms with van der Waals surface area (Å²) in [6.07, 6.45) is 0.426. The zero-order valence-electron chi connectivity index (χ0n) is 14.5. The lowest BCUT2D eigenvalue weighted by Crippen LogP contribution is -2.24. The van der Waals surface area contributed by atoms with Crippen LogP contribution in [0.5, 0.6) is 0 Å². The third-order valence-electron chi connectivity index (χ3n) is 3.89. The standard InChI is InChI=1S/C17H22N2O6S/c1-2-18-17(22)13-4-3-5-14(9-13)19-15(20)10-25-16(21)8-12-6-7-26(23,24)11-12/h3-5,9,12H,2,6-8,10-11H2,1H3,(H,18,22)(H,19,20)/t12-/m0/s1. The highest BCUT2D eigenvalue weighted by molar-refractivity contribution is 7.91. The van der Waals surface area contributed by atoms with Gasteiger partial charge in [-0.2, -0.15) is 0 Å². The smallest absolute Gasteiger partial charge is 0.306 e. The van der Waals surface area contributed by atoms with Crippen LogP contribution in [0.3, 0.4) is 0 Å². The molecule has 2 rings (SSSR count). The van der Waals surface area contributed by atoms with Crippen LogP contribution in [-0.2, 0) is 24.2 Å². The van der Waals surface area contributed by atoms with Crippen molar-refractivity contribution >= 4 is 33.3 Å². The SMILES string of the molecule is CCNC(=O)c1cccc(NC(=O)COC(=O)C[C@@H]2CCS(=O)(=O)C2)c1. The van der Waals surface area contributed by atoms with Crippen molar-refractivity contribution in [1.29, 1.82) is 0 Å². The minimum absolute atomic E-state index is 0.0130. The minimum Gasteiger partial charge on any atom is -0.456 e. The van der Waals surface area contributed by atoms with Gasteiger partial charge in [0.05, 0.1) is 11.5 Å². The van der Waals surface area contributed by atoms with Gasteiger partial charge in [0.15, 0.2) is 16.4 Å². The van der Waals surface area contributed by atoms with Crippen molar-refractivity contribution in [2.75, 3.05) is 30.0 Å². The van der Waals surface area contributed by atoms with Crippen molar-refractivity contribution in [3.05, 3.63) is 29.8 Å². The fourth-order valence-corrected chi connectivity index (χ4v) is 4.53. The molecule has 2 amide bonds. The second kappa shape index (κ2) is 8.79. The summed E-state index contributed by atoms with van der Waals surface area (Å²) < 4.78 is 27.6. The van der Waals surface area contributed by atoms with E-state index in [9.17, 15) is 22.8 Å². The highest BCUT2D eigenvalue weighted by atomic mass is 32.2. The molecule has 0 radical (unpaired) electrons. The van der Waals surface area contributed by atoms with Crippen molar-refractivity contribution in [2.45, 2.75) is 19.8 Å². The average molecular weight is 382 g/mol. The molecule has 0 bridgehead atoms. The number of ether oxygens (including phenoxy) is 1. The number of anilines is 1. The molecule has 26 heavy (non-hydrogen) atoms. The molecule has 2 N–H and O–H groups in total. The summed E-state index contributed by atoms with van der Waals surface area (Å²) in [6, 6.07) is 6.39. The Morgan fingerprint density at radius 2 is 2.04 bits per heavy atom. The van der Waals surface area contributed by atoms with Crippen molar-refractivity contribution in [3.63, 3.8) is 0 Å². The molecule has 0 spiro atoms. The summed E-state index contributed by atoms with van der Waals surface area (Å²) in [5.74, 6) is -1.55. The molecule has 9 heteroatoms. The molecule has 1 aromatic rings. The van der Waals surface area contributed by atoms with Crippen molar-refractivity contribution in [1.82, 2.24) is 5.32 Å². The van der Waals surface area contributed by atoms with Crippen molar-refractivity contribution in [2.24, 2.45) is 5.92 Å². The van der Waals surface area contributed by atoms with Crippen LogP contribution in [0.4, 0.5) is 5.69 Å². The molecule has 1 heterocycles. The predicted octanol–water partition coefficient (Wildman–Crippen LogP) is 0.743. The normalized spacial score (nSPS) is 18.1. The number of rotatable bonds is 7. The molecule has 0 aliphatic carbocycles. The molecule has 1 aromatic carbocycles. The summed E-state index contributed by atoms with van der Waals surface area (Å²) in [4.78, 5) is 35.4. The van der Waals surface area contributed by atoms with E-state index in [1.807, 2.05) is 0 Å². The maximum atomic E-state index is 11.9. The first-order valence-corrected chi connectivity index (χ1v) is 10.2. The van der Waals surface area contributed by atoms with Gasteiger partial charge in [0, 0.05) is 24.2 Å². The fraction of sp³-hybridized carbons (Fsp3) is 0.471. The van der Waals surface area contributed by atoms with Crippen molar-refractivity contribution < 1.29 is 27.5 Å². The Balaban J connectivity index is 1.79. The molecular formula is C17H22N2O6S. The lowest BCUT2D eigenvalue weighted by molar-refractivity contribution is -0.148. The van der Waals surface area contributed by atoms with Gasteiger partial charge in [0.1, 0.15) is 0 Å². The highest BCUT2D eigenvalue weighted by Crippen LogP contribution is 2.21. The van der Waals surface area contributed by atoms with Crippen LogP contribution >= 0.6 is 0 Å². The molecule has 1 aliphatic heterocycles.